The number of fused-ring (bicyclic) bond motifs is 4. The van der Waals surface area contributed by atoms with E-state index in [1.807, 2.05) is 0 Å². The molecule has 0 aromatic rings. The van der Waals surface area contributed by atoms with Crippen LogP contribution in [0.4, 0.5) is 0 Å². The van der Waals surface area contributed by atoms with Crippen molar-refractivity contribution in [2.24, 2.45) is 34.3 Å². The van der Waals surface area contributed by atoms with Crippen molar-refractivity contribution in [1.29, 1.82) is 0 Å². The van der Waals surface area contributed by atoms with Crippen molar-refractivity contribution in [3.63, 3.8) is 0 Å². The molecule has 5 rings (SSSR count). The Labute approximate surface area is 148 Å². The molecule has 4 unspecified atom stereocenters. The van der Waals surface area contributed by atoms with Gasteiger partial charge in [0.05, 0.1) is 11.7 Å². The Kier molecular flexibility index (Phi) is 2.97. The van der Waals surface area contributed by atoms with Crippen LogP contribution in [0.15, 0.2) is 11.3 Å². The van der Waals surface area contributed by atoms with Gasteiger partial charge in [-0.05, 0) is 68.1 Å². The molecule has 1 amide bonds. The quantitative estimate of drug-likeness (QED) is 0.635. The first kappa shape index (κ1) is 16.1. The molecule has 25 heavy (non-hydrogen) atoms. The van der Waals surface area contributed by atoms with Gasteiger partial charge in [0.1, 0.15) is 17.5 Å². The van der Waals surface area contributed by atoms with Crippen molar-refractivity contribution in [2.45, 2.75) is 76.6 Å². The molecular weight excluding hydrogens is 318 g/mol. The maximum atomic E-state index is 11.9. The SMILES string of the molecule is C[C@]12CCC3C(CC[C@]45OC4C(O)=C(C(N)=O)C[C@]35C)C1CC[C@@H]2O. The topological polar surface area (TPSA) is 96.1 Å². The van der Waals surface area contributed by atoms with E-state index in [1.54, 1.807) is 0 Å². The van der Waals surface area contributed by atoms with Gasteiger partial charge in [0, 0.05) is 5.41 Å². The molecule has 0 aromatic heterocycles. The Morgan fingerprint density at radius 3 is 2.64 bits per heavy atom. The van der Waals surface area contributed by atoms with Crippen LogP contribution in [0.2, 0.25) is 0 Å². The van der Waals surface area contributed by atoms with Gasteiger partial charge >= 0.3 is 0 Å². The lowest BCUT2D eigenvalue weighted by atomic mass is 9.45. The molecule has 4 N–H and O–H groups in total. The number of primary amides is 1. The third kappa shape index (κ3) is 1.70. The number of carbonyl (C=O) groups excluding carboxylic acids is 1. The molecule has 0 aromatic carbocycles. The Balaban J connectivity index is 1.54. The smallest absolute Gasteiger partial charge is 0.248 e. The van der Waals surface area contributed by atoms with Gasteiger partial charge in [-0.3, -0.25) is 4.79 Å². The van der Waals surface area contributed by atoms with E-state index in [2.05, 4.69) is 13.8 Å². The average molecular weight is 347 g/mol. The predicted octanol–water partition coefficient (Wildman–Crippen LogP) is 2.43. The number of amides is 1. The summed E-state index contributed by atoms with van der Waals surface area (Å²) >= 11 is 0. The largest absolute Gasteiger partial charge is 0.509 e. The third-order valence-corrected chi connectivity index (χ3v) is 9.11. The molecule has 3 saturated carbocycles. The third-order valence-electron chi connectivity index (χ3n) is 9.11. The standard InChI is InChI=1S/C20H29NO4/c1-18-7-6-13-10(12(18)3-4-14(18)22)5-8-20-16(25-20)15(23)11(17(21)24)9-19(13,20)2/h10,12-14,16,22-23H,3-9H2,1-2H3,(H2,21,24)/t10?,12?,13?,14-,16?,18-,19+,20-/m0/s1. The van der Waals surface area contributed by atoms with Crippen LogP contribution in [0, 0.1) is 28.6 Å². The molecule has 5 nitrogen and oxygen atoms in total. The molecule has 1 aliphatic heterocycles. The summed E-state index contributed by atoms with van der Waals surface area (Å²) in [5.41, 5.74) is 5.54. The molecule has 4 fully saturated rings. The highest BCUT2D eigenvalue weighted by molar-refractivity contribution is 5.93. The number of hydrogen-bond donors (Lipinski definition) is 3. The molecule has 5 heteroatoms. The highest BCUT2D eigenvalue weighted by Crippen LogP contribution is 2.73. The van der Waals surface area contributed by atoms with Crippen molar-refractivity contribution >= 4 is 5.91 Å². The van der Waals surface area contributed by atoms with E-state index in [1.165, 1.54) is 0 Å². The minimum absolute atomic E-state index is 0.0466. The second kappa shape index (κ2) is 4.61. The summed E-state index contributed by atoms with van der Waals surface area (Å²) < 4.78 is 6.11. The number of ether oxygens (including phenoxy) is 1. The van der Waals surface area contributed by atoms with Gasteiger partial charge in [-0.25, -0.2) is 0 Å². The number of rotatable bonds is 1. The van der Waals surface area contributed by atoms with E-state index in [0.717, 1.165) is 38.5 Å². The molecule has 5 aliphatic rings. The Hall–Kier alpha value is -1.07. The molecule has 1 spiro atoms. The maximum Gasteiger partial charge on any atom is 0.248 e. The average Bonchev–Trinajstić information content (AvgIpc) is 3.23. The normalized spacial score (nSPS) is 56.5. The number of carbonyl (C=O) groups is 1. The van der Waals surface area contributed by atoms with E-state index in [9.17, 15) is 15.0 Å². The van der Waals surface area contributed by atoms with Gasteiger partial charge in [0.25, 0.3) is 0 Å². The first-order valence-corrected chi connectivity index (χ1v) is 9.82. The molecule has 138 valence electrons. The van der Waals surface area contributed by atoms with Crippen molar-refractivity contribution in [1.82, 2.24) is 0 Å². The summed E-state index contributed by atoms with van der Waals surface area (Å²) in [5.74, 6) is 1.18. The van der Waals surface area contributed by atoms with E-state index >= 15 is 0 Å². The summed E-state index contributed by atoms with van der Waals surface area (Å²) in [5, 5.41) is 21.0. The fraction of sp³-hybridized carbons (Fsp3) is 0.850. The van der Waals surface area contributed by atoms with Crippen LogP contribution in [0.1, 0.15) is 58.8 Å². The van der Waals surface area contributed by atoms with Crippen molar-refractivity contribution in [2.75, 3.05) is 0 Å². The Bertz CT molecular complexity index is 689. The summed E-state index contributed by atoms with van der Waals surface area (Å²) in [6.45, 7) is 4.53. The van der Waals surface area contributed by atoms with Crippen molar-refractivity contribution in [3.05, 3.63) is 11.3 Å². The van der Waals surface area contributed by atoms with Gasteiger partial charge in [-0.2, -0.15) is 0 Å². The van der Waals surface area contributed by atoms with Gasteiger partial charge in [0.15, 0.2) is 0 Å². The predicted molar refractivity (Wildman–Crippen MR) is 91.5 cm³/mol. The zero-order valence-electron chi connectivity index (χ0n) is 15.1. The van der Waals surface area contributed by atoms with Crippen LogP contribution >= 0.6 is 0 Å². The van der Waals surface area contributed by atoms with Crippen LogP contribution in [-0.4, -0.2) is 33.9 Å². The van der Waals surface area contributed by atoms with Gasteiger partial charge in [-0.15, -0.1) is 0 Å². The first-order chi connectivity index (χ1) is 11.7. The highest BCUT2D eigenvalue weighted by atomic mass is 16.6. The lowest BCUT2D eigenvalue weighted by Crippen LogP contribution is -2.58. The van der Waals surface area contributed by atoms with Crippen LogP contribution in [0.3, 0.4) is 0 Å². The summed E-state index contributed by atoms with van der Waals surface area (Å²) in [4.78, 5) is 11.9. The molecule has 0 bridgehead atoms. The zero-order chi connectivity index (χ0) is 17.8. The number of aliphatic hydroxyl groups is 2. The number of epoxide rings is 1. The minimum Gasteiger partial charge on any atom is -0.509 e. The zero-order valence-corrected chi connectivity index (χ0v) is 15.1. The summed E-state index contributed by atoms with van der Waals surface area (Å²) in [7, 11) is 0. The van der Waals surface area contributed by atoms with Gasteiger partial charge in [-0.1, -0.05) is 13.8 Å². The number of aliphatic hydroxyl groups excluding tert-OH is 2. The fourth-order valence-corrected chi connectivity index (χ4v) is 7.62. The second-order valence-corrected chi connectivity index (χ2v) is 9.76. The summed E-state index contributed by atoms with van der Waals surface area (Å²) in [6, 6.07) is 0. The monoisotopic (exact) mass is 347 g/mol. The van der Waals surface area contributed by atoms with Crippen LogP contribution in [-0.2, 0) is 9.53 Å². The van der Waals surface area contributed by atoms with E-state index in [4.69, 9.17) is 10.5 Å². The first-order valence-electron chi connectivity index (χ1n) is 9.82. The molecule has 0 radical (unpaired) electrons. The molecule has 1 heterocycles. The van der Waals surface area contributed by atoms with Gasteiger partial charge in [0.2, 0.25) is 5.91 Å². The maximum absolute atomic E-state index is 11.9. The number of nitrogens with two attached hydrogens (primary N) is 1. The lowest BCUT2D eigenvalue weighted by Gasteiger charge is -2.59. The lowest BCUT2D eigenvalue weighted by molar-refractivity contribution is -0.123. The van der Waals surface area contributed by atoms with E-state index < -0.39 is 5.91 Å². The van der Waals surface area contributed by atoms with Crippen molar-refractivity contribution < 1.29 is 19.7 Å². The van der Waals surface area contributed by atoms with Crippen molar-refractivity contribution in [3.8, 4) is 0 Å². The number of hydrogen-bond acceptors (Lipinski definition) is 4. The molecular formula is C20H29NO4. The fourth-order valence-electron chi connectivity index (χ4n) is 7.62. The molecule has 4 aliphatic carbocycles. The van der Waals surface area contributed by atoms with Crippen LogP contribution in [0.5, 0.6) is 0 Å². The van der Waals surface area contributed by atoms with E-state index in [-0.39, 0.29) is 34.4 Å². The Morgan fingerprint density at radius 2 is 1.92 bits per heavy atom. The van der Waals surface area contributed by atoms with Crippen LogP contribution < -0.4 is 5.73 Å². The van der Waals surface area contributed by atoms with Crippen LogP contribution in [0.25, 0.3) is 0 Å². The molecule has 1 saturated heterocycles. The Morgan fingerprint density at radius 1 is 1.16 bits per heavy atom. The van der Waals surface area contributed by atoms with Gasteiger partial charge < -0.3 is 20.7 Å². The highest BCUT2D eigenvalue weighted by Gasteiger charge is 2.76. The minimum atomic E-state index is -0.512. The second-order valence-electron chi connectivity index (χ2n) is 9.76. The summed E-state index contributed by atoms with van der Waals surface area (Å²) in [6.07, 6.45) is 6.18. The molecule has 8 atom stereocenters. The van der Waals surface area contributed by atoms with E-state index in [0.29, 0.717) is 29.7 Å².